The molecule has 0 aliphatic carbocycles. The molecule has 4 heterocycles. The molecule has 4 aromatic heterocycles. The first-order valence-corrected chi connectivity index (χ1v) is 11.1. The van der Waals surface area contributed by atoms with Gasteiger partial charge >= 0.3 is 6.03 Å². The molecule has 0 atom stereocenters. The third-order valence-corrected chi connectivity index (χ3v) is 5.67. The quantitative estimate of drug-likeness (QED) is 0.193. The summed E-state index contributed by atoms with van der Waals surface area (Å²) >= 11 is 1.90. The predicted octanol–water partition coefficient (Wildman–Crippen LogP) is 3.74. The maximum Gasteiger partial charge on any atom is 0.330 e. The fourth-order valence-electron chi connectivity index (χ4n) is 3.57. The van der Waals surface area contributed by atoms with E-state index in [1.807, 2.05) is 41.1 Å². The number of benzene rings is 1. The number of hydrogen-bond donors (Lipinski definition) is 4. The van der Waals surface area contributed by atoms with E-state index < -0.39 is 0 Å². The Kier molecular flexibility index (Phi) is 5.57. The molecule has 34 heavy (non-hydrogen) atoms. The zero-order valence-electron chi connectivity index (χ0n) is 18.0. The molecule has 1 aromatic carbocycles. The summed E-state index contributed by atoms with van der Waals surface area (Å²) in [5.41, 5.74) is 5.07. The summed E-state index contributed by atoms with van der Waals surface area (Å²) < 4.78 is 1.42. The van der Waals surface area contributed by atoms with Crippen LogP contribution in [0, 0.1) is 0 Å². The number of H-pyrrole nitrogens is 2. The molecular formula is C22H18IN9O2. The highest BCUT2D eigenvalue weighted by molar-refractivity contribution is 14.1. The van der Waals surface area contributed by atoms with E-state index in [4.69, 9.17) is 0 Å². The lowest BCUT2D eigenvalue weighted by molar-refractivity contribution is 0.0964. The largest absolute Gasteiger partial charge is 0.355 e. The second-order valence-corrected chi connectivity index (χ2v) is 8.88. The number of carbonyl (C=O) groups excluding carboxylic acids is 2. The lowest BCUT2D eigenvalue weighted by Crippen LogP contribution is -2.22. The number of anilines is 1. The summed E-state index contributed by atoms with van der Waals surface area (Å²) in [7, 11) is 3.24. The molecule has 0 saturated heterocycles. The molecule has 0 unspecified atom stereocenters. The Hall–Kier alpha value is -4.07. The molecular weight excluding hydrogens is 549 g/mol. The minimum absolute atomic E-state index is 0.215. The number of fused-ring (bicyclic) bond motifs is 2. The van der Waals surface area contributed by atoms with Gasteiger partial charge < -0.3 is 15.6 Å². The molecule has 0 fully saturated rings. The van der Waals surface area contributed by atoms with Crippen LogP contribution in [0.2, 0.25) is 0 Å². The van der Waals surface area contributed by atoms with Crippen LogP contribution in [0.3, 0.4) is 0 Å². The second kappa shape index (κ2) is 8.70. The first-order chi connectivity index (χ1) is 16.4. The van der Waals surface area contributed by atoms with E-state index in [2.05, 4.69) is 40.8 Å². The van der Waals surface area contributed by atoms with Crippen LogP contribution in [0.4, 0.5) is 10.5 Å². The predicted molar refractivity (Wildman–Crippen MR) is 136 cm³/mol. The minimum Gasteiger partial charge on any atom is -0.355 e. The molecule has 3 amide bonds. The van der Waals surface area contributed by atoms with E-state index in [9.17, 15) is 9.59 Å². The first-order valence-electron chi connectivity index (χ1n) is 10.2. The van der Waals surface area contributed by atoms with Gasteiger partial charge in [-0.2, -0.15) is 5.10 Å². The van der Waals surface area contributed by atoms with Gasteiger partial charge in [-0.05, 0) is 24.3 Å². The number of carbonyl (C=O) groups is 2. The third kappa shape index (κ3) is 3.91. The zero-order valence-corrected chi connectivity index (χ0v) is 20.2. The second-order valence-electron chi connectivity index (χ2n) is 7.43. The van der Waals surface area contributed by atoms with E-state index in [-0.39, 0.29) is 11.9 Å². The van der Waals surface area contributed by atoms with Crippen LogP contribution in [0.15, 0.2) is 48.9 Å². The number of nitrogens with zero attached hydrogens (tertiary/aromatic N) is 5. The van der Waals surface area contributed by atoms with Gasteiger partial charge in [-0.1, -0.05) is 6.07 Å². The number of hydrogen-bond acceptors (Lipinski definition) is 6. The normalized spacial score (nSPS) is 11.0. The van der Waals surface area contributed by atoms with Gasteiger partial charge in [0.05, 0.1) is 51.2 Å². The van der Waals surface area contributed by atoms with Gasteiger partial charge in [-0.3, -0.25) is 18.0 Å². The molecule has 0 saturated carbocycles. The van der Waals surface area contributed by atoms with Crippen LogP contribution in [0.1, 0.15) is 10.4 Å². The number of amides is 3. The Balaban J connectivity index is 1.56. The lowest BCUT2D eigenvalue weighted by atomic mass is 10.1. The van der Waals surface area contributed by atoms with Crippen molar-refractivity contribution in [2.24, 2.45) is 0 Å². The first kappa shape index (κ1) is 21.8. The molecule has 11 nitrogen and oxygen atoms in total. The smallest absolute Gasteiger partial charge is 0.330 e. The molecule has 0 aliphatic rings. The number of aromatic amines is 2. The Morgan fingerprint density at radius 2 is 1.94 bits per heavy atom. The number of halogens is 1. The Morgan fingerprint density at radius 3 is 2.74 bits per heavy atom. The molecule has 5 aromatic rings. The molecule has 0 spiro atoms. The van der Waals surface area contributed by atoms with Crippen molar-refractivity contribution >= 4 is 62.6 Å². The van der Waals surface area contributed by atoms with Gasteiger partial charge in [0.25, 0.3) is 5.91 Å². The maximum absolute atomic E-state index is 12.2. The van der Waals surface area contributed by atoms with E-state index in [1.165, 1.54) is 3.11 Å². The summed E-state index contributed by atoms with van der Waals surface area (Å²) in [4.78, 5) is 40.8. The Bertz CT molecular complexity index is 1560. The fourth-order valence-corrected chi connectivity index (χ4v) is 3.69. The summed E-state index contributed by atoms with van der Waals surface area (Å²) in [6, 6.07) is 8.88. The lowest BCUT2D eigenvalue weighted by Gasteiger charge is -2.10. The van der Waals surface area contributed by atoms with Crippen molar-refractivity contribution in [3.8, 4) is 22.6 Å². The van der Waals surface area contributed by atoms with Crippen molar-refractivity contribution in [2.75, 3.05) is 19.4 Å². The Morgan fingerprint density at radius 1 is 1.12 bits per heavy atom. The molecule has 5 rings (SSSR count). The zero-order chi connectivity index (χ0) is 23.8. The van der Waals surface area contributed by atoms with Gasteiger partial charge in [0.15, 0.2) is 11.5 Å². The summed E-state index contributed by atoms with van der Waals surface area (Å²) in [5.74, 6) is 0.300. The van der Waals surface area contributed by atoms with Gasteiger partial charge in [0.1, 0.15) is 11.2 Å². The molecule has 4 N–H and O–H groups in total. The summed E-state index contributed by atoms with van der Waals surface area (Å²) in [6.45, 7) is 0. The maximum atomic E-state index is 12.2. The highest BCUT2D eigenvalue weighted by Gasteiger charge is 2.18. The number of rotatable bonds is 4. The molecule has 12 heteroatoms. The number of nitrogens with one attached hydrogen (secondary N) is 4. The SMILES string of the molecule is CNC(=O)c1cccc2[nH]c(-c3n[nH]c4ncc(-c5cncc(NC(=O)N(C)I)c5)cc34)nc12. The van der Waals surface area contributed by atoms with Crippen molar-refractivity contribution < 1.29 is 9.59 Å². The topological polar surface area (TPSA) is 145 Å². The number of aromatic nitrogens is 6. The third-order valence-electron chi connectivity index (χ3n) is 5.23. The minimum atomic E-state index is -0.258. The van der Waals surface area contributed by atoms with Crippen LogP contribution in [-0.2, 0) is 0 Å². The Labute approximate surface area is 206 Å². The molecule has 170 valence electrons. The van der Waals surface area contributed by atoms with E-state index >= 15 is 0 Å². The van der Waals surface area contributed by atoms with Crippen LogP contribution >= 0.6 is 22.9 Å². The fraction of sp³-hybridized carbons (Fsp3) is 0.0909. The van der Waals surface area contributed by atoms with Crippen LogP contribution in [0.5, 0.6) is 0 Å². The number of imidazole rings is 1. The standard InChI is InChI=1S/C22H18IN9O2/c1-24-21(33)14-4-3-5-16-17(14)29-20(28-16)18-15-7-12(9-26-19(15)31-30-18)11-6-13(10-25-8-11)27-22(34)32(2)23/h3-10H,1-2H3,(H,24,33)(H,27,34)(H,28,29)(H,26,30,31). The van der Waals surface area contributed by atoms with Gasteiger partial charge in [-0.15, -0.1) is 0 Å². The van der Waals surface area contributed by atoms with Crippen LogP contribution in [-0.4, -0.2) is 59.3 Å². The average molecular weight is 567 g/mol. The summed E-state index contributed by atoms with van der Waals surface area (Å²) in [5, 5.41) is 13.5. The van der Waals surface area contributed by atoms with Crippen molar-refractivity contribution in [3.05, 3.63) is 54.5 Å². The van der Waals surface area contributed by atoms with Crippen LogP contribution in [0.25, 0.3) is 44.7 Å². The number of urea groups is 1. The van der Waals surface area contributed by atoms with Crippen molar-refractivity contribution in [1.82, 2.24) is 38.6 Å². The van der Waals surface area contributed by atoms with Gasteiger partial charge in [0.2, 0.25) is 0 Å². The highest BCUT2D eigenvalue weighted by Crippen LogP contribution is 2.30. The monoisotopic (exact) mass is 567 g/mol. The van der Waals surface area contributed by atoms with E-state index in [1.54, 1.807) is 44.8 Å². The van der Waals surface area contributed by atoms with Gasteiger partial charge in [0, 0.05) is 37.6 Å². The molecule has 0 aliphatic heterocycles. The van der Waals surface area contributed by atoms with Crippen LogP contribution < -0.4 is 10.6 Å². The van der Waals surface area contributed by atoms with Gasteiger partial charge in [-0.25, -0.2) is 14.8 Å². The number of pyridine rings is 2. The molecule has 0 bridgehead atoms. The van der Waals surface area contributed by atoms with Crippen molar-refractivity contribution in [2.45, 2.75) is 0 Å². The average Bonchev–Trinajstić information content (AvgIpc) is 3.47. The van der Waals surface area contributed by atoms with Crippen molar-refractivity contribution in [1.29, 1.82) is 0 Å². The van der Waals surface area contributed by atoms with E-state index in [0.29, 0.717) is 33.9 Å². The van der Waals surface area contributed by atoms with Crippen molar-refractivity contribution in [3.63, 3.8) is 0 Å². The molecule has 0 radical (unpaired) electrons. The van der Waals surface area contributed by atoms with E-state index in [0.717, 1.165) is 22.0 Å². The number of para-hydroxylation sites is 1. The highest BCUT2D eigenvalue weighted by atomic mass is 127. The summed E-state index contributed by atoms with van der Waals surface area (Å²) in [6.07, 6.45) is 4.98.